The highest BCUT2D eigenvalue weighted by Crippen LogP contribution is 2.30. The molecule has 0 unspecified atom stereocenters. The number of hydrogen-bond acceptors (Lipinski definition) is 10. The van der Waals surface area contributed by atoms with Gasteiger partial charge in [-0.05, 0) is 92.6 Å². The molecule has 0 saturated carbocycles. The fourth-order valence-electron chi connectivity index (χ4n) is 6.11. The first-order valence-corrected chi connectivity index (χ1v) is 16.5. The zero-order valence-electron chi connectivity index (χ0n) is 30.2. The van der Waals surface area contributed by atoms with E-state index in [1.165, 1.54) is 16.9 Å². The molecule has 2 fully saturated rings. The van der Waals surface area contributed by atoms with Gasteiger partial charge in [-0.15, -0.1) is 0 Å². The number of esters is 2. The molecule has 0 spiro atoms. The molecule has 0 aromatic rings. The van der Waals surface area contributed by atoms with Crippen LogP contribution in [0.3, 0.4) is 0 Å². The molecule has 47 heavy (non-hydrogen) atoms. The second-order valence-electron chi connectivity index (χ2n) is 14.5. The molecule has 3 amide bonds. The summed E-state index contributed by atoms with van der Waals surface area (Å²) in [5.74, 6) is -1.55. The number of nitrogens with one attached hydrogen (secondary N) is 1. The second kappa shape index (κ2) is 17.2. The molecular formula is C34H57N3O10. The molecule has 13 heteroatoms. The number of carbonyl (C=O) groups excluding carboxylic acids is 5. The summed E-state index contributed by atoms with van der Waals surface area (Å²) in [7, 11) is 2.82. The number of ether oxygens (including phenoxy) is 5. The Morgan fingerprint density at radius 2 is 1.62 bits per heavy atom. The molecule has 1 N–H and O–H groups in total. The molecule has 2 aliphatic rings. The monoisotopic (exact) mass is 667 g/mol. The van der Waals surface area contributed by atoms with Crippen LogP contribution in [0.2, 0.25) is 0 Å². The normalized spacial score (nSPS) is 22.6. The number of amides is 3. The summed E-state index contributed by atoms with van der Waals surface area (Å²) in [6.07, 6.45) is 3.24. The lowest BCUT2D eigenvalue weighted by Crippen LogP contribution is -2.55. The fraction of sp³-hybridized carbons (Fsp3) is 0.794. The van der Waals surface area contributed by atoms with Gasteiger partial charge in [0.05, 0.1) is 20.3 Å². The lowest BCUT2D eigenvalue weighted by atomic mass is 10.0. The van der Waals surface area contributed by atoms with Crippen molar-refractivity contribution in [2.45, 2.75) is 130 Å². The topological polar surface area (TPSA) is 150 Å². The van der Waals surface area contributed by atoms with E-state index >= 15 is 0 Å². The van der Waals surface area contributed by atoms with E-state index in [1.807, 2.05) is 33.8 Å². The second-order valence-corrected chi connectivity index (χ2v) is 14.5. The summed E-state index contributed by atoms with van der Waals surface area (Å²) in [5.41, 5.74) is -0.723. The lowest BCUT2D eigenvalue weighted by molar-refractivity contribution is -0.158. The molecule has 0 aliphatic carbocycles. The maximum absolute atomic E-state index is 13.4. The van der Waals surface area contributed by atoms with E-state index in [1.54, 1.807) is 41.7 Å². The van der Waals surface area contributed by atoms with Crippen molar-refractivity contribution in [3.63, 3.8) is 0 Å². The number of likely N-dealkylation sites (tertiary alicyclic amines) is 2. The van der Waals surface area contributed by atoms with Crippen molar-refractivity contribution in [3.8, 4) is 0 Å². The molecular weight excluding hydrogens is 610 g/mol. The zero-order chi connectivity index (χ0) is 35.7. The maximum Gasteiger partial charge on any atom is 0.411 e. The average Bonchev–Trinajstić information content (AvgIpc) is 3.56. The highest BCUT2D eigenvalue weighted by molar-refractivity contribution is 5.90. The summed E-state index contributed by atoms with van der Waals surface area (Å²) in [4.78, 5) is 67.5. The number of allylic oxidation sites excluding steroid dienone is 1. The van der Waals surface area contributed by atoms with Crippen molar-refractivity contribution in [1.29, 1.82) is 0 Å². The minimum absolute atomic E-state index is 0.0148. The van der Waals surface area contributed by atoms with Crippen LogP contribution in [0.1, 0.15) is 94.4 Å². The quantitative estimate of drug-likeness (QED) is 0.128. The fourth-order valence-corrected chi connectivity index (χ4v) is 6.11. The Balaban J connectivity index is 1.95. The van der Waals surface area contributed by atoms with Crippen LogP contribution in [0.15, 0.2) is 11.6 Å². The maximum atomic E-state index is 13.4. The van der Waals surface area contributed by atoms with Crippen molar-refractivity contribution in [2.24, 2.45) is 11.8 Å². The minimum atomic E-state index is -0.956. The smallest absolute Gasteiger partial charge is 0.411 e. The molecule has 2 rings (SSSR count). The summed E-state index contributed by atoms with van der Waals surface area (Å²) in [5, 5.41) is 2.59. The Kier molecular flexibility index (Phi) is 14.5. The summed E-state index contributed by atoms with van der Waals surface area (Å²) >= 11 is 0. The SMILES string of the molecule is COC[C@H]1C[C@@H](C(=O)OC(C)(C)/C=C(\C)CCCOC(=O)[C@@H]2CC[C@H](C)N2C(=O)[C@@H](NC(=O)OC)C(C)C)N(C(=O)OC(C)(C)C)C1. The first kappa shape index (κ1) is 39.8. The Morgan fingerprint density at radius 3 is 2.19 bits per heavy atom. The standard InChI is InChI=1S/C34H57N3O10/c1-21(2)27(35-31(41)44-11)28(38)37-23(4)14-15-25(37)29(39)45-16-12-13-22(3)18-34(8,9)46-30(40)26-17-24(20-43-10)19-36(26)32(42)47-33(5,6)7/h18,21,23-27H,12-17,19-20H2,1-11H3,(H,35,41)/b22-18+/t23-,24-,25-,26-,27-/m0/s1. The third-order valence-corrected chi connectivity index (χ3v) is 8.19. The Bertz CT molecular complexity index is 1150. The largest absolute Gasteiger partial charge is 0.464 e. The van der Waals surface area contributed by atoms with Gasteiger partial charge in [0.25, 0.3) is 0 Å². The number of hydrogen-bond donors (Lipinski definition) is 1. The van der Waals surface area contributed by atoms with E-state index in [0.717, 1.165) is 5.57 Å². The summed E-state index contributed by atoms with van der Waals surface area (Å²) < 4.78 is 27.0. The van der Waals surface area contributed by atoms with Crippen molar-refractivity contribution < 1.29 is 47.7 Å². The Hall–Kier alpha value is -3.35. The minimum Gasteiger partial charge on any atom is -0.464 e. The van der Waals surface area contributed by atoms with Gasteiger partial charge in [-0.3, -0.25) is 9.69 Å². The van der Waals surface area contributed by atoms with Gasteiger partial charge in [0.15, 0.2) is 0 Å². The average molecular weight is 668 g/mol. The van der Waals surface area contributed by atoms with E-state index in [0.29, 0.717) is 45.3 Å². The number of rotatable bonds is 13. The van der Waals surface area contributed by atoms with Gasteiger partial charge in [0, 0.05) is 25.6 Å². The highest BCUT2D eigenvalue weighted by atomic mass is 16.6. The van der Waals surface area contributed by atoms with E-state index in [2.05, 4.69) is 10.1 Å². The third-order valence-electron chi connectivity index (χ3n) is 8.19. The number of carbonyl (C=O) groups is 5. The predicted octanol–water partition coefficient (Wildman–Crippen LogP) is 4.61. The summed E-state index contributed by atoms with van der Waals surface area (Å²) in [6, 6.07) is -2.52. The van der Waals surface area contributed by atoms with Gasteiger partial charge in [-0.2, -0.15) is 0 Å². The predicted molar refractivity (Wildman–Crippen MR) is 174 cm³/mol. The van der Waals surface area contributed by atoms with Crippen molar-refractivity contribution in [3.05, 3.63) is 11.6 Å². The van der Waals surface area contributed by atoms with Gasteiger partial charge >= 0.3 is 24.1 Å². The lowest BCUT2D eigenvalue weighted by Gasteiger charge is -2.32. The van der Waals surface area contributed by atoms with Gasteiger partial charge in [-0.25, -0.2) is 19.2 Å². The van der Waals surface area contributed by atoms with E-state index < -0.39 is 53.5 Å². The Labute approximate surface area is 280 Å². The van der Waals surface area contributed by atoms with Gasteiger partial charge < -0.3 is 33.9 Å². The van der Waals surface area contributed by atoms with Crippen molar-refractivity contribution >= 4 is 30.0 Å². The van der Waals surface area contributed by atoms with E-state index in [9.17, 15) is 24.0 Å². The molecule has 2 heterocycles. The van der Waals surface area contributed by atoms with Crippen LogP contribution in [0, 0.1) is 11.8 Å². The van der Waals surface area contributed by atoms with Gasteiger partial charge in [0.1, 0.15) is 29.3 Å². The molecule has 2 aliphatic heterocycles. The first-order valence-electron chi connectivity index (χ1n) is 16.5. The Morgan fingerprint density at radius 1 is 0.957 bits per heavy atom. The van der Waals surface area contributed by atoms with Crippen molar-refractivity contribution in [2.75, 3.05) is 34.0 Å². The molecule has 5 atom stereocenters. The molecule has 268 valence electrons. The number of alkyl carbamates (subject to hydrolysis) is 1. The van der Waals surface area contributed by atoms with Crippen LogP contribution in [-0.2, 0) is 38.1 Å². The molecule has 13 nitrogen and oxygen atoms in total. The van der Waals surface area contributed by atoms with E-state index in [4.69, 9.17) is 18.9 Å². The van der Waals surface area contributed by atoms with Crippen LogP contribution in [0.4, 0.5) is 9.59 Å². The van der Waals surface area contributed by atoms with Gasteiger partial charge in [0.2, 0.25) is 5.91 Å². The molecule has 2 saturated heterocycles. The molecule has 0 aromatic carbocycles. The van der Waals surface area contributed by atoms with Crippen LogP contribution >= 0.6 is 0 Å². The third kappa shape index (κ3) is 12.0. The van der Waals surface area contributed by atoms with E-state index in [-0.39, 0.29) is 30.4 Å². The number of methoxy groups -OCH3 is 2. The van der Waals surface area contributed by atoms with Crippen LogP contribution in [0.5, 0.6) is 0 Å². The number of nitrogens with zero attached hydrogens (tertiary/aromatic N) is 2. The highest BCUT2D eigenvalue weighted by Gasteiger charge is 2.44. The van der Waals surface area contributed by atoms with Crippen molar-refractivity contribution in [1.82, 2.24) is 15.1 Å². The molecule has 0 radical (unpaired) electrons. The van der Waals surface area contributed by atoms with Crippen LogP contribution < -0.4 is 5.32 Å². The molecule has 0 bridgehead atoms. The first-order chi connectivity index (χ1) is 21.8. The zero-order valence-corrected chi connectivity index (χ0v) is 30.2. The molecule has 0 aromatic heterocycles. The summed E-state index contributed by atoms with van der Waals surface area (Å²) in [6.45, 7) is 17.2. The van der Waals surface area contributed by atoms with Gasteiger partial charge in [-0.1, -0.05) is 19.4 Å². The van der Waals surface area contributed by atoms with Crippen LogP contribution in [0.25, 0.3) is 0 Å². The van der Waals surface area contributed by atoms with Crippen LogP contribution in [-0.4, -0.2) is 109 Å².